The molecule has 1 fully saturated rings. The number of carboxylic acid groups (broad SMARTS) is 1. The second-order valence-electron chi connectivity index (χ2n) is 5.03. The minimum absolute atomic E-state index is 0.365. The predicted molar refractivity (Wildman–Crippen MR) is 71.7 cm³/mol. The Morgan fingerprint density at radius 2 is 2.06 bits per heavy atom. The molecule has 0 spiro atoms. The lowest BCUT2D eigenvalue weighted by Crippen LogP contribution is -2.38. The largest absolute Gasteiger partial charge is 0.478 e. The van der Waals surface area contributed by atoms with Crippen LogP contribution >= 0.6 is 0 Å². The van der Waals surface area contributed by atoms with E-state index in [-0.39, 0.29) is 0 Å². The molecule has 0 bridgehead atoms. The van der Waals surface area contributed by atoms with Gasteiger partial charge in [-0.05, 0) is 43.5 Å². The molecule has 1 aliphatic rings. The van der Waals surface area contributed by atoms with Gasteiger partial charge in [0.1, 0.15) is 0 Å². The highest BCUT2D eigenvalue weighted by Crippen LogP contribution is 2.21. The van der Waals surface area contributed by atoms with Crippen molar-refractivity contribution in [2.24, 2.45) is 0 Å². The van der Waals surface area contributed by atoms with E-state index >= 15 is 0 Å². The van der Waals surface area contributed by atoms with Gasteiger partial charge in [0.25, 0.3) is 0 Å². The van der Waals surface area contributed by atoms with Crippen LogP contribution in [0, 0.1) is 0 Å². The number of hydrogen-bond acceptors (Lipinski definition) is 2. The van der Waals surface area contributed by atoms with Crippen LogP contribution in [0.15, 0.2) is 24.3 Å². The van der Waals surface area contributed by atoms with E-state index < -0.39 is 5.97 Å². The number of nitrogens with zero attached hydrogens (tertiary/aromatic N) is 1. The maximum absolute atomic E-state index is 10.8. The van der Waals surface area contributed by atoms with Gasteiger partial charge in [-0.1, -0.05) is 25.5 Å². The number of rotatable bonds is 4. The Morgan fingerprint density at radius 3 is 2.67 bits per heavy atom. The number of piperidine rings is 1. The zero-order chi connectivity index (χ0) is 13.0. The van der Waals surface area contributed by atoms with Crippen molar-refractivity contribution in [3.05, 3.63) is 35.4 Å². The average molecular weight is 247 g/mol. The van der Waals surface area contributed by atoms with Gasteiger partial charge in [0.2, 0.25) is 0 Å². The third-order valence-electron chi connectivity index (χ3n) is 3.81. The molecule has 0 unspecified atom stereocenters. The minimum Gasteiger partial charge on any atom is -0.478 e. The molecule has 1 saturated heterocycles. The van der Waals surface area contributed by atoms with Gasteiger partial charge in [0, 0.05) is 12.6 Å². The van der Waals surface area contributed by atoms with Crippen LogP contribution in [0.1, 0.15) is 48.5 Å². The SMILES string of the molecule is CC[C@@H]1CCCCN1Cc1ccc(C(=O)O)cc1. The lowest BCUT2D eigenvalue weighted by atomic mass is 9.99. The first-order valence-electron chi connectivity index (χ1n) is 6.77. The summed E-state index contributed by atoms with van der Waals surface area (Å²) >= 11 is 0. The highest BCUT2D eigenvalue weighted by molar-refractivity contribution is 5.87. The molecule has 0 radical (unpaired) electrons. The maximum Gasteiger partial charge on any atom is 0.335 e. The molecule has 3 heteroatoms. The van der Waals surface area contributed by atoms with E-state index in [2.05, 4.69) is 11.8 Å². The van der Waals surface area contributed by atoms with Gasteiger partial charge >= 0.3 is 5.97 Å². The van der Waals surface area contributed by atoms with Crippen molar-refractivity contribution in [1.82, 2.24) is 4.90 Å². The van der Waals surface area contributed by atoms with Crippen LogP contribution in [0.2, 0.25) is 0 Å². The van der Waals surface area contributed by atoms with Crippen LogP contribution in [0.4, 0.5) is 0 Å². The lowest BCUT2D eigenvalue weighted by Gasteiger charge is -2.35. The maximum atomic E-state index is 10.8. The summed E-state index contributed by atoms with van der Waals surface area (Å²) in [7, 11) is 0. The van der Waals surface area contributed by atoms with Crippen molar-refractivity contribution < 1.29 is 9.90 Å². The molecule has 3 nitrogen and oxygen atoms in total. The van der Waals surface area contributed by atoms with Crippen LogP contribution in [0.5, 0.6) is 0 Å². The third kappa shape index (κ3) is 3.10. The molecule has 1 aromatic carbocycles. The van der Waals surface area contributed by atoms with E-state index in [0.29, 0.717) is 11.6 Å². The fraction of sp³-hybridized carbons (Fsp3) is 0.533. The normalized spacial score (nSPS) is 20.8. The van der Waals surface area contributed by atoms with E-state index in [4.69, 9.17) is 5.11 Å². The quantitative estimate of drug-likeness (QED) is 0.888. The summed E-state index contributed by atoms with van der Waals surface area (Å²) < 4.78 is 0. The molecular weight excluding hydrogens is 226 g/mol. The highest BCUT2D eigenvalue weighted by atomic mass is 16.4. The summed E-state index contributed by atoms with van der Waals surface area (Å²) in [6, 6.07) is 7.96. The topological polar surface area (TPSA) is 40.5 Å². The number of benzene rings is 1. The molecule has 1 N–H and O–H groups in total. The summed E-state index contributed by atoms with van der Waals surface area (Å²) in [5, 5.41) is 8.87. The molecule has 1 aliphatic heterocycles. The van der Waals surface area contributed by atoms with E-state index in [9.17, 15) is 4.79 Å². The first-order chi connectivity index (χ1) is 8.70. The smallest absolute Gasteiger partial charge is 0.335 e. The van der Waals surface area contributed by atoms with Gasteiger partial charge < -0.3 is 5.11 Å². The van der Waals surface area contributed by atoms with Crippen LogP contribution in [0.3, 0.4) is 0 Å². The lowest BCUT2D eigenvalue weighted by molar-refractivity contribution is 0.0697. The number of carbonyl (C=O) groups is 1. The molecule has 98 valence electrons. The highest BCUT2D eigenvalue weighted by Gasteiger charge is 2.20. The van der Waals surface area contributed by atoms with Gasteiger partial charge in [-0.2, -0.15) is 0 Å². The Kier molecular flexibility index (Phi) is 4.37. The number of carboxylic acids is 1. The molecule has 1 heterocycles. The molecule has 0 saturated carbocycles. The number of likely N-dealkylation sites (tertiary alicyclic amines) is 1. The van der Waals surface area contributed by atoms with Gasteiger partial charge in [0.15, 0.2) is 0 Å². The van der Waals surface area contributed by atoms with Gasteiger partial charge in [0.05, 0.1) is 5.56 Å². The minimum atomic E-state index is -0.856. The van der Waals surface area contributed by atoms with Gasteiger partial charge in [-0.15, -0.1) is 0 Å². The van der Waals surface area contributed by atoms with Crippen LogP contribution in [0.25, 0.3) is 0 Å². The standard InChI is InChI=1S/C15H21NO2/c1-2-14-5-3-4-10-16(14)11-12-6-8-13(9-7-12)15(17)18/h6-9,14H,2-5,10-11H2,1H3,(H,17,18)/t14-/m1/s1. The Hall–Kier alpha value is -1.35. The Bertz CT molecular complexity index is 399. The molecule has 18 heavy (non-hydrogen) atoms. The van der Waals surface area contributed by atoms with Crippen molar-refractivity contribution in [2.75, 3.05) is 6.54 Å². The van der Waals surface area contributed by atoms with E-state index in [1.807, 2.05) is 12.1 Å². The van der Waals surface area contributed by atoms with E-state index in [1.165, 1.54) is 37.8 Å². The summed E-state index contributed by atoms with van der Waals surface area (Å²) in [6.45, 7) is 4.36. The Morgan fingerprint density at radius 1 is 1.33 bits per heavy atom. The van der Waals surface area contributed by atoms with E-state index in [1.54, 1.807) is 12.1 Å². The Balaban J connectivity index is 2.01. The zero-order valence-electron chi connectivity index (χ0n) is 10.9. The first kappa shape index (κ1) is 13.1. The monoisotopic (exact) mass is 247 g/mol. The average Bonchev–Trinajstić information content (AvgIpc) is 2.40. The fourth-order valence-electron chi connectivity index (χ4n) is 2.72. The molecular formula is C15H21NO2. The summed E-state index contributed by atoms with van der Waals surface area (Å²) in [4.78, 5) is 13.3. The number of aromatic carboxylic acids is 1. The molecule has 1 atom stereocenters. The summed E-state index contributed by atoms with van der Waals surface area (Å²) in [5.41, 5.74) is 1.57. The molecule has 2 rings (SSSR count). The van der Waals surface area contributed by atoms with Crippen LogP contribution in [-0.4, -0.2) is 28.6 Å². The fourth-order valence-corrected chi connectivity index (χ4v) is 2.72. The van der Waals surface area contributed by atoms with E-state index in [0.717, 1.165) is 6.54 Å². The van der Waals surface area contributed by atoms with Gasteiger partial charge in [-0.25, -0.2) is 4.79 Å². The van der Waals surface area contributed by atoms with Gasteiger partial charge in [-0.3, -0.25) is 4.90 Å². The van der Waals surface area contributed by atoms with Crippen molar-refractivity contribution >= 4 is 5.97 Å². The van der Waals surface area contributed by atoms with Crippen molar-refractivity contribution in [3.8, 4) is 0 Å². The van der Waals surface area contributed by atoms with Crippen molar-refractivity contribution in [1.29, 1.82) is 0 Å². The summed E-state index contributed by atoms with van der Waals surface area (Å²) in [5.74, 6) is -0.856. The Labute approximate surface area is 108 Å². The molecule has 1 aromatic rings. The second kappa shape index (κ2) is 6.01. The molecule has 0 aliphatic carbocycles. The van der Waals surface area contributed by atoms with Crippen LogP contribution in [-0.2, 0) is 6.54 Å². The first-order valence-corrected chi connectivity index (χ1v) is 6.77. The van der Waals surface area contributed by atoms with Crippen molar-refractivity contribution in [3.63, 3.8) is 0 Å². The predicted octanol–water partition coefficient (Wildman–Crippen LogP) is 3.15. The third-order valence-corrected chi connectivity index (χ3v) is 3.81. The molecule has 0 amide bonds. The van der Waals surface area contributed by atoms with Crippen molar-refractivity contribution in [2.45, 2.75) is 45.2 Å². The zero-order valence-corrected chi connectivity index (χ0v) is 10.9. The molecule has 0 aromatic heterocycles. The summed E-state index contributed by atoms with van der Waals surface area (Å²) in [6.07, 6.45) is 5.12. The van der Waals surface area contributed by atoms with Crippen LogP contribution < -0.4 is 0 Å². The second-order valence-corrected chi connectivity index (χ2v) is 5.03. The number of hydrogen-bond donors (Lipinski definition) is 1.